The average Bonchev–Trinajstić information content (AvgIpc) is 3.39. The highest BCUT2D eigenvalue weighted by Gasteiger charge is 2.14. The molecule has 7 aromatic carbocycles. The summed E-state index contributed by atoms with van der Waals surface area (Å²) in [6, 6.07) is 52.9. The summed E-state index contributed by atoms with van der Waals surface area (Å²) in [4.78, 5) is 4.55. The number of aryl methyl sites for hydroxylation is 1. The fourth-order valence-electron chi connectivity index (χ4n) is 7.06. The summed E-state index contributed by atoms with van der Waals surface area (Å²) < 4.78 is 2.35. The van der Waals surface area contributed by atoms with E-state index in [1.807, 2.05) is 18.3 Å². The number of rotatable bonds is 3. The number of fused-ring (bicyclic) bond motifs is 8. The first-order chi connectivity index (χ1) is 21.7. The van der Waals surface area contributed by atoms with Gasteiger partial charge < -0.3 is 4.57 Å². The van der Waals surface area contributed by atoms with E-state index < -0.39 is 0 Å². The Morgan fingerprint density at radius 1 is 0.432 bits per heavy atom. The van der Waals surface area contributed by atoms with Crippen LogP contribution < -0.4 is 0 Å². The number of hydrogen-bond donors (Lipinski definition) is 0. The lowest BCUT2D eigenvalue weighted by molar-refractivity contribution is 1.02. The summed E-state index contributed by atoms with van der Waals surface area (Å²) in [5.41, 5.74) is 9.58. The third-order valence-corrected chi connectivity index (χ3v) is 9.23. The summed E-state index contributed by atoms with van der Waals surface area (Å²) in [7, 11) is 2.19. The summed E-state index contributed by atoms with van der Waals surface area (Å²) in [5, 5.41) is 10.2. The molecule has 0 atom stereocenters. The van der Waals surface area contributed by atoms with Gasteiger partial charge in [-0.2, -0.15) is 0 Å². The van der Waals surface area contributed by atoms with Crippen LogP contribution in [0.2, 0.25) is 0 Å². The first-order valence-corrected chi connectivity index (χ1v) is 15.1. The maximum absolute atomic E-state index is 4.55. The molecule has 9 aromatic rings. The molecule has 0 bridgehead atoms. The van der Waals surface area contributed by atoms with Crippen molar-refractivity contribution in [3.05, 3.63) is 152 Å². The van der Waals surface area contributed by atoms with E-state index in [9.17, 15) is 0 Å². The Bertz CT molecular complexity index is 2540. The van der Waals surface area contributed by atoms with Gasteiger partial charge in [-0.15, -0.1) is 0 Å². The maximum Gasteiger partial charge on any atom is 0.0702 e. The SMILES string of the molecule is Cn1c2cc(-c3ccc(-c4cc5ccccc5c5ccccc45)cc3)ccc2c2ccc3cc(-c4ccccn4)ccc3c21. The zero-order valence-corrected chi connectivity index (χ0v) is 24.3. The number of aromatic nitrogens is 2. The second kappa shape index (κ2) is 9.65. The molecule has 2 heterocycles. The van der Waals surface area contributed by atoms with Gasteiger partial charge in [-0.05, 0) is 79.5 Å². The molecule has 0 amide bonds. The van der Waals surface area contributed by atoms with E-state index in [2.05, 4.69) is 150 Å². The summed E-state index contributed by atoms with van der Waals surface area (Å²) in [6.07, 6.45) is 1.85. The quantitative estimate of drug-likeness (QED) is 0.197. The van der Waals surface area contributed by atoms with Crippen molar-refractivity contribution in [3.63, 3.8) is 0 Å². The second-order valence-corrected chi connectivity index (χ2v) is 11.7. The van der Waals surface area contributed by atoms with Crippen LogP contribution in [0.15, 0.2) is 152 Å². The van der Waals surface area contributed by atoms with Crippen LogP contribution in [-0.4, -0.2) is 9.55 Å². The van der Waals surface area contributed by atoms with Crippen LogP contribution in [0.5, 0.6) is 0 Å². The van der Waals surface area contributed by atoms with Gasteiger partial charge in [-0.25, -0.2) is 0 Å². The molecule has 0 radical (unpaired) electrons. The lowest BCUT2D eigenvalue weighted by Crippen LogP contribution is -1.89. The standard InChI is InChI=1S/C42H28N2/c1-44-41-26-29(17-21-37(41)38-22-18-31-24-32(19-20-34(31)42(38)44)40-12-6-7-23-43-40)27-13-15-28(16-14-27)39-25-30-8-2-3-9-33(30)35-10-4-5-11-36(35)39/h2-26H,1H3. The Morgan fingerprint density at radius 2 is 1.09 bits per heavy atom. The second-order valence-electron chi connectivity index (χ2n) is 11.7. The van der Waals surface area contributed by atoms with Gasteiger partial charge in [-0.3, -0.25) is 4.98 Å². The number of hydrogen-bond acceptors (Lipinski definition) is 1. The van der Waals surface area contributed by atoms with Gasteiger partial charge in [-0.1, -0.05) is 115 Å². The van der Waals surface area contributed by atoms with Crippen LogP contribution in [0.3, 0.4) is 0 Å². The molecular weight excluding hydrogens is 532 g/mol. The Balaban J connectivity index is 1.14. The topological polar surface area (TPSA) is 17.8 Å². The Kier molecular flexibility index (Phi) is 5.45. The van der Waals surface area contributed by atoms with Crippen molar-refractivity contribution in [1.29, 1.82) is 0 Å². The average molecular weight is 561 g/mol. The van der Waals surface area contributed by atoms with Crippen LogP contribution >= 0.6 is 0 Å². The van der Waals surface area contributed by atoms with E-state index >= 15 is 0 Å². The summed E-state index contributed by atoms with van der Waals surface area (Å²) in [6.45, 7) is 0. The van der Waals surface area contributed by atoms with Gasteiger partial charge in [0.15, 0.2) is 0 Å². The van der Waals surface area contributed by atoms with Crippen LogP contribution in [0, 0.1) is 0 Å². The van der Waals surface area contributed by atoms with E-state index in [0.717, 1.165) is 11.3 Å². The molecule has 0 aliphatic heterocycles. The molecular formula is C42H28N2. The Labute approximate surface area is 255 Å². The van der Waals surface area contributed by atoms with Crippen molar-refractivity contribution in [2.45, 2.75) is 0 Å². The molecule has 0 aliphatic carbocycles. The summed E-state index contributed by atoms with van der Waals surface area (Å²) >= 11 is 0. The number of pyridine rings is 1. The van der Waals surface area contributed by atoms with Crippen LogP contribution in [0.4, 0.5) is 0 Å². The molecule has 206 valence electrons. The zero-order valence-electron chi connectivity index (χ0n) is 24.3. The molecule has 0 aliphatic rings. The minimum Gasteiger partial charge on any atom is -0.343 e. The molecule has 2 heteroatoms. The Hall–Kier alpha value is -5.73. The molecule has 44 heavy (non-hydrogen) atoms. The van der Waals surface area contributed by atoms with E-state index in [1.165, 1.54) is 76.4 Å². The molecule has 0 fully saturated rings. The predicted octanol–water partition coefficient (Wildman–Crippen LogP) is 11.2. The van der Waals surface area contributed by atoms with Crippen LogP contribution in [0.25, 0.3) is 87.6 Å². The Morgan fingerprint density at radius 3 is 1.93 bits per heavy atom. The van der Waals surface area contributed by atoms with E-state index in [1.54, 1.807) is 0 Å². The van der Waals surface area contributed by atoms with Crippen molar-refractivity contribution in [2.24, 2.45) is 7.05 Å². The molecule has 2 nitrogen and oxygen atoms in total. The van der Waals surface area contributed by atoms with Gasteiger partial charge in [0.05, 0.1) is 11.2 Å². The highest BCUT2D eigenvalue weighted by Crippen LogP contribution is 2.38. The first kappa shape index (κ1) is 24.8. The van der Waals surface area contributed by atoms with Crippen molar-refractivity contribution in [2.75, 3.05) is 0 Å². The molecule has 0 spiro atoms. The lowest BCUT2D eigenvalue weighted by Gasteiger charge is -2.12. The van der Waals surface area contributed by atoms with Gasteiger partial charge in [0.1, 0.15) is 0 Å². The number of benzene rings is 7. The van der Waals surface area contributed by atoms with Gasteiger partial charge >= 0.3 is 0 Å². The molecule has 9 rings (SSSR count). The van der Waals surface area contributed by atoms with Crippen molar-refractivity contribution in [3.8, 4) is 33.5 Å². The van der Waals surface area contributed by atoms with Gasteiger partial charge in [0, 0.05) is 40.5 Å². The maximum atomic E-state index is 4.55. The minimum atomic E-state index is 0.996. The minimum absolute atomic E-state index is 0.996. The van der Waals surface area contributed by atoms with E-state index in [4.69, 9.17) is 0 Å². The van der Waals surface area contributed by atoms with Crippen molar-refractivity contribution < 1.29 is 0 Å². The lowest BCUT2D eigenvalue weighted by atomic mass is 9.92. The fourth-order valence-corrected chi connectivity index (χ4v) is 7.06. The van der Waals surface area contributed by atoms with Crippen molar-refractivity contribution in [1.82, 2.24) is 9.55 Å². The zero-order chi connectivity index (χ0) is 29.2. The summed E-state index contributed by atoms with van der Waals surface area (Å²) in [5.74, 6) is 0. The monoisotopic (exact) mass is 560 g/mol. The molecule has 0 unspecified atom stereocenters. The van der Waals surface area contributed by atoms with Crippen LogP contribution in [-0.2, 0) is 7.05 Å². The first-order valence-electron chi connectivity index (χ1n) is 15.1. The molecule has 0 N–H and O–H groups in total. The highest BCUT2D eigenvalue weighted by atomic mass is 14.9. The molecule has 0 saturated carbocycles. The largest absolute Gasteiger partial charge is 0.343 e. The fraction of sp³-hybridized carbons (Fsp3) is 0.0238. The van der Waals surface area contributed by atoms with Gasteiger partial charge in [0.25, 0.3) is 0 Å². The van der Waals surface area contributed by atoms with Gasteiger partial charge in [0.2, 0.25) is 0 Å². The van der Waals surface area contributed by atoms with E-state index in [-0.39, 0.29) is 0 Å². The normalized spacial score (nSPS) is 11.8. The van der Waals surface area contributed by atoms with Crippen molar-refractivity contribution >= 4 is 54.1 Å². The predicted molar refractivity (Wildman–Crippen MR) is 187 cm³/mol. The third kappa shape index (κ3) is 3.78. The smallest absolute Gasteiger partial charge is 0.0702 e. The van der Waals surface area contributed by atoms with E-state index in [0.29, 0.717) is 0 Å². The highest BCUT2D eigenvalue weighted by molar-refractivity contribution is 6.18. The van der Waals surface area contributed by atoms with Crippen LogP contribution in [0.1, 0.15) is 0 Å². The third-order valence-electron chi connectivity index (χ3n) is 9.23. The number of nitrogens with zero attached hydrogens (tertiary/aromatic N) is 2. The molecule has 2 aromatic heterocycles. The molecule has 0 saturated heterocycles.